The molecule has 3 heterocycles. The van der Waals surface area contributed by atoms with Crippen LogP contribution in [0.3, 0.4) is 0 Å². The number of hydrogen-bond acceptors (Lipinski definition) is 6. The van der Waals surface area contributed by atoms with Crippen molar-refractivity contribution in [3.8, 4) is 11.3 Å². The van der Waals surface area contributed by atoms with Gasteiger partial charge in [-0.3, -0.25) is 0 Å². The zero-order chi connectivity index (χ0) is 17.2. The summed E-state index contributed by atoms with van der Waals surface area (Å²) in [7, 11) is 0. The topological polar surface area (TPSA) is 81.1 Å². The van der Waals surface area contributed by atoms with Gasteiger partial charge in [-0.25, -0.2) is 4.98 Å². The number of nitrogens with zero attached hydrogens (tertiary/aromatic N) is 5. The van der Waals surface area contributed by atoms with E-state index in [1.54, 1.807) is 4.52 Å². The molecule has 4 aromatic rings. The Morgan fingerprint density at radius 2 is 1.88 bits per heavy atom. The SMILES string of the molecule is CCc1nnc(CNc2cc(-c3ccccc3)nc3cc(C)nn23)o1. The van der Waals surface area contributed by atoms with Crippen LogP contribution in [0.25, 0.3) is 16.9 Å². The summed E-state index contributed by atoms with van der Waals surface area (Å²) in [6, 6.07) is 14.0. The summed E-state index contributed by atoms with van der Waals surface area (Å²) in [5.41, 5.74) is 3.64. The maximum Gasteiger partial charge on any atom is 0.235 e. The monoisotopic (exact) mass is 334 g/mol. The predicted octanol–water partition coefficient (Wildman–Crippen LogP) is 3.26. The van der Waals surface area contributed by atoms with E-state index in [0.29, 0.717) is 18.3 Å². The third-order valence-corrected chi connectivity index (χ3v) is 3.85. The maximum atomic E-state index is 5.56. The fourth-order valence-electron chi connectivity index (χ4n) is 2.64. The van der Waals surface area contributed by atoms with Crippen LogP contribution in [-0.2, 0) is 13.0 Å². The van der Waals surface area contributed by atoms with Crippen molar-refractivity contribution in [2.45, 2.75) is 26.8 Å². The van der Waals surface area contributed by atoms with Crippen molar-refractivity contribution >= 4 is 11.5 Å². The van der Waals surface area contributed by atoms with Gasteiger partial charge in [0.2, 0.25) is 11.8 Å². The second-order valence-electron chi connectivity index (χ2n) is 5.75. The van der Waals surface area contributed by atoms with Gasteiger partial charge in [-0.15, -0.1) is 10.2 Å². The van der Waals surface area contributed by atoms with E-state index < -0.39 is 0 Å². The van der Waals surface area contributed by atoms with Gasteiger partial charge < -0.3 is 9.73 Å². The molecule has 0 spiro atoms. The summed E-state index contributed by atoms with van der Waals surface area (Å²) in [5.74, 6) is 2.01. The minimum atomic E-state index is 0.430. The Bertz CT molecular complexity index is 1010. The van der Waals surface area contributed by atoms with E-state index in [-0.39, 0.29) is 0 Å². The van der Waals surface area contributed by atoms with E-state index in [9.17, 15) is 0 Å². The first-order valence-corrected chi connectivity index (χ1v) is 8.21. The molecule has 0 amide bonds. The lowest BCUT2D eigenvalue weighted by molar-refractivity contribution is 0.460. The lowest BCUT2D eigenvalue weighted by atomic mass is 10.1. The molecule has 0 unspecified atom stereocenters. The summed E-state index contributed by atoms with van der Waals surface area (Å²) >= 11 is 0. The van der Waals surface area contributed by atoms with Gasteiger partial charge in [0.1, 0.15) is 5.82 Å². The molecule has 1 aromatic carbocycles. The second-order valence-corrected chi connectivity index (χ2v) is 5.75. The van der Waals surface area contributed by atoms with Crippen LogP contribution in [-0.4, -0.2) is 24.8 Å². The molecule has 0 radical (unpaired) electrons. The maximum absolute atomic E-state index is 5.56. The molecule has 126 valence electrons. The quantitative estimate of drug-likeness (QED) is 0.603. The Morgan fingerprint density at radius 1 is 1.08 bits per heavy atom. The molecular weight excluding hydrogens is 316 g/mol. The van der Waals surface area contributed by atoms with Gasteiger partial charge >= 0.3 is 0 Å². The van der Waals surface area contributed by atoms with Crippen LogP contribution < -0.4 is 5.32 Å². The third-order valence-electron chi connectivity index (χ3n) is 3.85. The van der Waals surface area contributed by atoms with Gasteiger partial charge in [0.05, 0.1) is 17.9 Å². The molecule has 1 N–H and O–H groups in total. The number of fused-ring (bicyclic) bond motifs is 1. The van der Waals surface area contributed by atoms with E-state index >= 15 is 0 Å². The van der Waals surface area contributed by atoms with Crippen molar-refractivity contribution in [2.24, 2.45) is 0 Å². The molecule has 0 aliphatic rings. The number of benzene rings is 1. The van der Waals surface area contributed by atoms with Crippen molar-refractivity contribution in [2.75, 3.05) is 5.32 Å². The second kappa shape index (κ2) is 6.35. The molecule has 25 heavy (non-hydrogen) atoms. The molecule has 0 atom stereocenters. The van der Waals surface area contributed by atoms with Gasteiger partial charge in [-0.2, -0.15) is 9.61 Å². The van der Waals surface area contributed by atoms with Crippen LogP contribution in [0.2, 0.25) is 0 Å². The normalized spacial score (nSPS) is 11.1. The first-order chi connectivity index (χ1) is 12.2. The summed E-state index contributed by atoms with van der Waals surface area (Å²) in [4.78, 5) is 4.71. The number of aryl methyl sites for hydroxylation is 2. The standard InChI is InChI=1S/C18H18N6O/c1-3-17-21-22-18(25-17)11-19-15-10-14(13-7-5-4-6-8-13)20-16-9-12(2)23-24(15)16/h4-10,19H,3,11H2,1-2H3. The highest BCUT2D eigenvalue weighted by Crippen LogP contribution is 2.23. The molecule has 0 bridgehead atoms. The minimum absolute atomic E-state index is 0.430. The Hall–Kier alpha value is -3.22. The van der Waals surface area contributed by atoms with Crippen molar-refractivity contribution in [3.05, 3.63) is 59.9 Å². The first-order valence-electron chi connectivity index (χ1n) is 8.21. The Morgan fingerprint density at radius 3 is 2.64 bits per heavy atom. The fourth-order valence-corrected chi connectivity index (χ4v) is 2.64. The average Bonchev–Trinajstić information content (AvgIpc) is 3.25. The zero-order valence-corrected chi connectivity index (χ0v) is 14.1. The first kappa shape index (κ1) is 15.3. The van der Waals surface area contributed by atoms with E-state index in [0.717, 1.165) is 34.8 Å². The van der Waals surface area contributed by atoms with E-state index in [1.165, 1.54) is 0 Å². The molecule has 3 aromatic heterocycles. The Balaban J connectivity index is 1.70. The van der Waals surface area contributed by atoms with Crippen LogP contribution in [0.5, 0.6) is 0 Å². The van der Waals surface area contributed by atoms with E-state index in [2.05, 4.69) is 20.6 Å². The molecule has 0 aliphatic carbocycles. The minimum Gasteiger partial charge on any atom is -0.423 e. The van der Waals surface area contributed by atoms with Crippen LogP contribution >= 0.6 is 0 Å². The van der Waals surface area contributed by atoms with Crippen LogP contribution in [0.15, 0.2) is 46.9 Å². The highest BCUT2D eigenvalue weighted by atomic mass is 16.4. The molecule has 7 heteroatoms. The zero-order valence-electron chi connectivity index (χ0n) is 14.1. The lowest BCUT2D eigenvalue weighted by Crippen LogP contribution is -2.07. The summed E-state index contributed by atoms with van der Waals surface area (Å²) in [6.07, 6.45) is 0.725. The number of aromatic nitrogens is 5. The molecule has 0 fully saturated rings. The van der Waals surface area contributed by atoms with Gasteiger partial charge in [0.15, 0.2) is 5.65 Å². The van der Waals surface area contributed by atoms with Crippen molar-refractivity contribution in [1.82, 2.24) is 24.8 Å². The highest BCUT2D eigenvalue weighted by molar-refractivity contribution is 5.66. The summed E-state index contributed by atoms with van der Waals surface area (Å²) in [6.45, 7) is 4.36. The summed E-state index contributed by atoms with van der Waals surface area (Å²) in [5, 5.41) is 15.9. The predicted molar refractivity (Wildman–Crippen MR) is 94.2 cm³/mol. The van der Waals surface area contributed by atoms with Crippen LogP contribution in [0.4, 0.5) is 5.82 Å². The van der Waals surface area contributed by atoms with Crippen molar-refractivity contribution in [3.63, 3.8) is 0 Å². The number of rotatable bonds is 5. The van der Waals surface area contributed by atoms with Gasteiger partial charge in [0, 0.05) is 24.1 Å². The molecule has 4 rings (SSSR count). The molecule has 0 saturated carbocycles. The highest BCUT2D eigenvalue weighted by Gasteiger charge is 2.11. The van der Waals surface area contributed by atoms with Gasteiger partial charge in [-0.05, 0) is 6.92 Å². The van der Waals surface area contributed by atoms with Gasteiger partial charge in [0.25, 0.3) is 0 Å². The number of hydrogen-bond donors (Lipinski definition) is 1. The van der Waals surface area contributed by atoms with Gasteiger partial charge in [-0.1, -0.05) is 37.3 Å². The van der Waals surface area contributed by atoms with Crippen LogP contribution in [0, 0.1) is 6.92 Å². The van der Waals surface area contributed by atoms with E-state index in [1.807, 2.05) is 56.3 Å². The Labute approximate surface area is 144 Å². The fraction of sp³-hybridized carbons (Fsp3) is 0.222. The molecular formula is C18H18N6O. The van der Waals surface area contributed by atoms with Crippen molar-refractivity contribution in [1.29, 1.82) is 0 Å². The molecule has 7 nitrogen and oxygen atoms in total. The largest absolute Gasteiger partial charge is 0.423 e. The average molecular weight is 334 g/mol. The third kappa shape index (κ3) is 3.08. The molecule has 0 aliphatic heterocycles. The molecule has 0 saturated heterocycles. The van der Waals surface area contributed by atoms with Crippen LogP contribution in [0.1, 0.15) is 24.4 Å². The smallest absolute Gasteiger partial charge is 0.235 e. The summed E-state index contributed by atoms with van der Waals surface area (Å²) < 4.78 is 7.35. The van der Waals surface area contributed by atoms with Crippen molar-refractivity contribution < 1.29 is 4.42 Å². The number of nitrogens with one attached hydrogen (secondary N) is 1. The Kier molecular flexibility index (Phi) is 3.89. The van der Waals surface area contributed by atoms with E-state index in [4.69, 9.17) is 9.40 Å². The number of anilines is 1. The lowest BCUT2D eigenvalue weighted by Gasteiger charge is -2.09.